The number of allylic oxidation sites excluding steroid dienone is 2. The number of nitrogens with zero attached hydrogens (tertiary/aromatic N) is 4. The number of halogens is 1. The van der Waals surface area contributed by atoms with Crippen LogP contribution in [0.4, 0.5) is 0 Å². The van der Waals surface area contributed by atoms with E-state index in [1.165, 1.54) is 4.90 Å². The molecule has 1 aliphatic heterocycles. The number of imidazole rings is 1. The number of amides is 2. The van der Waals surface area contributed by atoms with Crippen LogP contribution < -0.4 is 10.6 Å². The van der Waals surface area contributed by atoms with E-state index in [4.69, 9.17) is 0 Å². The van der Waals surface area contributed by atoms with Gasteiger partial charge in [0.25, 0.3) is 0 Å². The number of aliphatic imine (C=N–C) groups is 1. The number of guanidine groups is 1. The molecule has 9 heteroatoms. The highest BCUT2D eigenvalue weighted by Gasteiger charge is 2.58. The van der Waals surface area contributed by atoms with Crippen molar-refractivity contribution in [1.82, 2.24) is 25.1 Å². The number of aromatic nitrogens is 2. The monoisotopic (exact) mass is 484 g/mol. The molecule has 2 bridgehead atoms. The summed E-state index contributed by atoms with van der Waals surface area (Å²) in [6.07, 6.45) is 10.6. The fourth-order valence-corrected chi connectivity index (χ4v) is 4.41. The summed E-state index contributed by atoms with van der Waals surface area (Å²) < 4.78 is 1.98. The van der Waals surface area contributed by atoms with Crippen molar-refractivity contribution in [2.75, 3.05) is 26.7 Å². The van der Waals surface area contributed by atoms with Gasteiger partial charge in [0.05, 0.1) is 18.2 Å². The summed E-state index contributed by atoms with van der Waals surface area (Å²) in [6.45, 7) is 2.36. The third-order valence-electron chi connectivity index (χ3n) is 5.63. The molecule has 3 aliphatic rings. The van der Waals surface area contributed by atoms with Gasteiger partial charge in [0, 0.05) is 45.6 Å². The zero-order chi connectivity index (χ0) is 18.1. The van der Waals surface area contributed by atoms with Crippen molar-refractivity contribution in [2.24, 2.45) is 28.7 Å². The lowest BCUT2D eigenvalue weighted by atomic mass is 9.85. The molecular formula is C18H25IN6O2. The van der Waals surface area contributed by atoms with Crippen LogP contribution in [-0.4, -0.2) is 58.9 Å². The number of carbonyl (C=O) groups is 2. The molecule has 0 aromatic carbocycles. The molecule has 1 aromatic heterocycles. The summed E-state index contributed by atoms with van der Waals surface area (Å²) in [7, 11) is 1.70. The van der Waals surface area contributed by atoms with Gasteiger partial charge in [0.15, 0.2) is 5.96 Å². The van der Waals surface area contributed by atoms with Crippen LogP contribution in [0, 0.1) is 23.7 Å². The first kappa shape index (κ1) is 19.8. The van der Waals surface area contributed by atoms with Crippen molar-refractivity contribution < 1.29 is 9.59 Å². The highest BCUT2D eigenvalue weighted by molar-refractivity contribution is 14.0. The Balaban J connectivity index is 0.00000210. The first-order valence-corrected chi connectivity index (χ1v) is 9.13. The normalized spacial score (nSPS) is 28.5. The van der Waals surface area contributed by atoms with E-state index in [0.29, 0.717) is 25.6 Å². The number of nitrogens with one attached hydrogen (secondary N) is 2. The van der Waals surface area contributed by atoms with Crippen LogP contribution in [0.3, 0.4) is 0 Å². The third kappa shape index (κ3) is 3.74. The van der Waals surface area contributed by atoms with Crippen LogP contribution in [0.15, 0.2) is 35.9 Å². The zero-order valence-corrected chi connectivity index (χ0v) is 17.6. The fraction of sp³-hybridized carbons (Fsp3) is 0.556. The van der Waals surface area contributed by atoms with Crippen LogP contribution in [0.5, 0.6) is 0 Å². The molecule has 27 heavy (non-hydrogen) atoms. The Morgan fingerprint density at radius 1 is 1.15 bits per heavy atom. The molecule has 2 fully saturated rings. The smallest absolute Gasteiger partial charge is 0.233 e. The van der Waals surface area contributed by atoms with E-state index in [9.17, 15) is 9.59 Å². The van der Waals surface area contributed by atoms with Crippen molar-refractivity contribution in [2.45, 2.75) is 13.0 Å². The first-order chi connectivity index (χ1) is 12.7. The molecule has 2 heterocycles. The minimum absolute atomic E-state index is 0. The summed E-state index contributed by atoms with van der Waals surface area (Å²) >= 11 is 0. The summed E-state index contributed by atoms with van der Waals surface area (Å²) in [5, 5.41) is 6.38. The lowest BCUT2D eigenvalue weighted by Crippen LogP contribution is -2.44. The average molecular weight is 484 g/mol. The Morgan fingerprint density at radius 2 is 1.78 bits per heavy atom. The van der Waals surface area contributed by atoms with Gasteiger partial charge >= 0.3 is 0 Å². The standard InChI is InChI=1S/C18H24N6O2.HI/c1-19-18(21-5-8-23-7-4-20-11-23)22-6-9-24-16(25)14-12-2-3-13(10-12)15(14)17(24)26;/h2-4,7,11-15H,5-6,8-10H2,1H3,(H2,19,21,22);1H. The number of hydrogen-bond acceptors (Lipinski definition) is 4. The maximum atomic E-state index is 12.6. The van der Waals surface area contributed by atoms with Crippen LogP contribution in [-0.2, 0) is 16.1 Å². The SMILES string of the molecule is CN=C(NCCN1C(=O)C2C3C=CC(C3)C2C1=O)NCCn1ccnc1.I. The molecule has 4 atom stereocenters. The molecule has 1 saturated heterocycles. The van der Waals surface area contributed by atoms with E-state index in [1.54, 1.807) is 19.6 Å². The largest absolute Gasteiger partial charge is 0.355 e. The summed E-state index contributed by atoms with van der Waals surface area (Å²) in [4.78, 5) is 34.9. The van der Waals surface area contributed by atoms with Gasteiger partial charge < -0.3 is 15.2 Å². The van der Waals surface area contributed by atoms with Crippen molar-refractivity contribution >= 4 is 41.8 Å². The molecule has 146 valence electrons. The van der Waals surface area contributed by atoms with E-state index in [2.05, 4.69) is 32.8 Å². The summed E-state index contributed by atoms with van der Waals surface area (Å²) in [5.74, 6) is 0.943. The van der Waals surface area contributed by atoms with Crippen LogP contribution >= 0.6 is 24.0 Å². The van der Waals surface area contributed by atoms with Gasteiger partial charge in [0.2, 0.25) is 11.8 Å². The fourth-order valence-electron chi connectivity index (χ4n) is 4.41. The van der Waals surface area contributed by atoms with Crippen LogP contribution in [0.25, 0.3) is 0 Å². The number of fused-ring (bicyclic) bond motifs is 5. The molecule has 8 nitrogen and oxygen atoms in total. The van der Waals surface area contributed by atoms with E-state index in [0.717, 1.165) is 13.0 Å². The zero-order valence-electron chi connectivity index (χ0n) is 15.2. The Labute approximate surface area is 175 Å². The quantitative estimate of drug-likeness (QED) is 0.202. The third-order valence-corrected chi connectivity index (χ3v) is 5.63. The number of likely N-dealkylation sites (tertiary alicyclic amines) is 1. The van der Waals surface area contributed by atoms with Crippen molar-refractivity contribution in [3.63, 3.8) is 0 Å². The van der Waals surface area contributed by atoms with Crippen LogP contribution in [0.1, 0.15) is 6.42 Å². The molecule has 0 spiro atoms. The number of rotatable bonds is 6. The predicted molar refractivity (Wildman–Crippen MR) is 111 cm³/mol. The van der Waals surface area contributed by atoms with Crippen molar-refractivity contribution in [1.29, 1.82) is 0 Å². The maximum Gasteiger partial charge on any atom is 0.233 e. The molecule has 0 radical (unpaired) electrons. The van der Waals surface area contributed by atoms with Gasteiger partial charge in [-0.15, -0.1) is 24.0 Å². The second-order valence-corrected chi connectivity index (χ2v) is 7.05. The van der Waals surface area contributed by atoms with Gasteiger partial charge in [-0.25, -0.2) is 4.98 Å². The maximum absolute atomic E-state index is 12.6. The number of carbonyl (C=O) groups excluding carboxylic acids is 2. The molecule has 2 amide bonds. The van der Waals surface area contributed by atoms with Gasteiger partial charge in [-0.1, -0.05) is 12.2 Å². The van der Waals surface area contributed by atoms with Crippen LogP contribution in [0.2, 0.25) is 0 Å². The van der Waals surface area contributed by atoms with Crippen molar-refractivity contribution in [3.05, 3.63) is 30.9 Å². The highest BCUT2D eigenvalue weighted by Crippen LogP contribution is 2.52. The predicted octanol–water partition coefficient (Wildman–Crippen LogP) is 0.473. The lowest BCUT2D eigenvalue weighted by molar-refractivity contribution is -0.140. The molecule has 4 rings (SSSR count). The van der Waals surface area contributed by atoms with E-state index < -0.39 is 0 Å². The molecule has 1 saturated carbocycles. The highest BCUT2D eigenvalue weighted by atomic mass is 127. The Kier molecular flexibility index (Phi) is 6.18. The van der Waals surface area contributed by atoms with Gasteiger partial charge in [-0.2, -0.15) is 0 Å². The Hall–Kier alpha value is -1.91. The van der Waals surface area contributed by atoms with E-state index in [-0.39, 0.29) is 59.5 Å². The minimum Gasteiger partial charge on any atom is -0.355 e. The second kappa shape index (κ2) is 8.41. The van der Waals surface area contributed by atoms with E-state index >= 15 is 0 Å². The summed E-state index contributed by atoms with van der Waals surface area (Å²) in [5.41, 5.74) is 0. The van der Waals surface area contributed by atoms with Gasteiger partial charge in [0.1, 0.15) is 0 Å². The minimum atomic E-state index is -0.120. The lowest BCUT2D eigenvalue weighted by Gasteiger charge is -2.18. The van der Waals surface area contributed by atoms with Gasteiger partial charge in [-0.05, 0) is 18.3 Å². The van der Waals surface area contributed by atoms with Crippen molar-refractivity contribution in [3.8, 4) is 0 Å². The molecule has 1 aromatic rings. The summed E-state index contributed by atoms with van der Waals surface area (Å²) in [6, 6.07) is 0. The molecular weight excluding hydrogens is 459 g/mol. The molecule has 2 N–H and O–H groups in total. The Bertz CT molecular complexity index is 717. The number of hydrogen-bond donors (Lipinski definition) is 2. The first-order valence-electron chi connectivity index (χ1n) is 9.13. The molecule has 2 aliphatic carbocycles. The second-order valence-electron chi connectivity index (χ2n) is 7.05. The van der Waals surface area contributed by atoms with E-state index in [1.807, 2.05) is 10.8 Å². The molecule has 4 unspecified atom stereocenters. The average Bonchev–Trinajstić information content (AvgIpc) is 3.41. The van der Waals surface area contributed by atoms with Gasteiger partial charge in [-0.3, -0.25) is 19.5 Å². The topological polar surface area (TPSA) is 91.6 Å². The number of imide groups is 1. The Morgan fingerprint density at radius 3 is 2.33 bits per heavy atom.